The molecular weight excluding hydrogens is 192 g/mol. The Morgan fingerprint density at radius 2 is 1.64 bits per heavy atom. The molecule has 0 radical (unpaired) electrons. The van der Waals surface area contributed by atoms with E-state index >= 15 is 0 Å². The van der Waals surface area contributed by atoms with Gasteiger partial charge >= 0.3 is 0 Å². The fourth-order valence-electron chi connectivity index (χ4n) is 2.11. The third-order valence-corrected chi connectivity index (χ3v) is 3.37. The molecule has 1 aromatic rings. The molecule has 2 aliphatic rings. The lowest BCUT2D eigenvalue weighted by Gasteiger charge is -1.88. The molecule has 0 aliphatic heterocycles. The monoisotopic (exact) mass is 208 g/mol. The van der Waals surface area contributed by atoms with E-state index in [1.54, 1.807) is 43.5 Å². The molecule has 2 fully saturated rings. The van der Waals surface area contributed by atoms with Crippen LogP contribution in [0.25, 0.3) is 0 Å². The first-order valence-electron chi connectivity index (χ1n) is 5.23. The summed E-state index contributed by atoms with van der Waals surface area (Å²) < 4.78 is 0. The number of phenolic OH excluding ortho intramolecular Hbond substituents is 1. The van der Waals surface area contributed by atoms with Crippen LogP contribution in [0, 0.1) is 11.8 Å². The molecule has 2 atom stereocenters. The van der Waals surface area contributed by atoms with Crippen LogP contribution in [0.2, 0.25) is 0 Å². The maximum atomic E-state index is 8.72. The Kier molecular flexibility index (Phi) is 3.02. The van der Waals surface area contributed by atoms with Gasteiger partial charge in [-0.2, -0.15) is 0 Å². The van der Waals surface area contributed by atoms with E-state index in [0.717, 1.165) is 4.90 Å². The molecule has 2 aliphatic carbocycles. The summed E-state index contributed by atoms with van der Waals surface area (Å²) in [6, 6.07) is 6.67. The highest BCUT2D eigenvalue weighted by molar-refractivity contribution is 7.80. The van der Waals surface area contributed by atoms with Crippen LogP contribution < -0.4 is 0 Å². The molecule has 76 valence electrons. The minimum atomic E-state index is 0.280. The van der Waals surface area contributed by atoms with E-state index in [0.29, 0.717) is 0 Å². The van der Waals surface area contributed by atoms with Crippen LogP contribution in [-0.4, -0.2) is 5.11 Å². The zero-order valence-electron chi connectivity index (χ0n) is 8.19. The highest BCUT2D eigenvalue weighted by atomic mass is 32.1. The van der Waals surface area contributed by atoms with Crippen LogP contribution in [-0.2, 0) is 0 Å². The summed E-state index contributed by atoms with van der Waals surface area (Å²) in [6.07, 6.45) is 6.24. The van der Waals surface area contributed by atoms with E-state index < -0.39 is 0 Å². The highest BCUT2D eigenvalue weighted by Gasteiger charge is 2.40. The average Bonchev–Trinajstić information content (AvgIpc) is 2.80. The van der Waals surface area contributed by atoms with Crippen LogP contribution in [0.5, 0.6) is 5.75 Å². The molecule has 1 aromatic carbocycles. The third-order valence-electron chi connectivity index (χ3n) is 3.07. The summed E-state index contributed by atoms with van der Waals surface area (Å²) in [5, 5.41) is 8.72. The van der Waals surface area contributed by atoms with E-state index in [9.17, 15) is 0 Å². The first kappa shape index (κ1) is 9.91. The number of rotatable bonds is 0. The molecule has 2 heteroatoms. The van der Waals surface area contributed by atoms with Crippen molar-refractivity contribution in [3.8, 4) is 5.75 Å². The molecule has 0 aromatic heterocycles. The summed E-state index contributed by atoms with van der Waals surface area (Å²) in [7, 11) is 0. The van der Waals surface area contributed by atoms with Gasteiger partial charge in [0.2, 0.25) is 0 Å². The molecule has 1 nitrogen and oxygen atoms in total. The summed E-state index contributed by atoms with van der Waals surface area (Å²) >= 11 is 4.02. The van der Waals surface area contributed by atoms with Crippen molar-refractivity contribution in [2.45, 2.75) is 30.6 Å². The Labute approximate surface area is 90.6 Å². The zero-order chi connectivity index (χ0) is 9.97. The number of hydrogen-bond acceptors (Lipinski definition) is 2. The van der Waals surface area contributed by atoms with Crippen LogP contribution in [0.3, 0.4) is 0 Å². The van der Waals surface area contributed by atoms with Gasteiger partial charge in [-0.25, -0.2) is 0 Å². The Balaban J connectivity index is 0.000000110. The average molecular weight is 208 g/mol. The van der Waals surface area contributed by atoms with Gasteiger partial charge in [-0.15, -0.1) is 12.6 Å². The second-order valence-electron chi connectivity index (χ2n) is 4.20. The fourth-order valence-corrected chi connectivity index (χ4v) is 2.26. The van der Waals surface area contributed by atoms with Crippen molar-refractivity contribution in [2.24, 2.45) is 11.8 Å². The van der Waals surface area contributed by atoms with Gasteiger partial charge < -0.3 is 5.11 Å². The lowest BCUT2D eigenvalue weighted by atomic mass is 10.3. The molecule has 2 unspecified atom stereocenters. The van der Waals surface area contributed by atoms with Gasteiger partial charge in [0, 0.05) is 4.90 Å². The van der Waals surface area contributed by atoms with Crippen molar-refractivity contribution < 1.29 is 5.11 Å². The Hall–Kier alpha value is -0.630. The number of aromatic hydroxyl groups is 1. The number of benzene rings is 1. The van der Waals surface area contributed by atoms with E-state index in [2.05, 4.69) is 12.6 Å². The Morgan fingerprint density at radius 3 is 1.93 bits per heavy atom. The van der Waals surface area contributed by atoms with Crippen molar-refractivity contribution in [2.75, 3.05) is 0 Å². The largest absolute Gasteiger partial charge is 0.508 e. The molecule has 1 N–H and O–H groups in total. The third kappa shape index (κ3) is 2.68. The van der Waals surface area contributed by atoms with E-state index in [1.165, 1.54) is 18.3 Å². The summed E-state index contributed by atoms with van der Waals surface area (Å²) in [5.41, 5.74) is 0. The minimum absolute atomic E-state index is 0.280. The molecule has 0 saturated heterocycles. The topological polar surface area (TPSA) is 20.2 Å². The first-order valence-corrected chi connectivity index (χ1v) is 5.68. The second kappa shape index (κ2) is 4.26. The van der Waals surface area contributed by atoms with Crippen molar-refractivity contribution >= 4 is 12.6 Å². The van der Waals surface area contributed by atoms with Crippen LogP contribution >= 0.6 is 12.6 Å². The van der Waals surface area contributed by atoms with Gasteiger partial charge in [0.15, 0.2) is 0 Å². The smallest absolute Gasteiger partial charge is 0.115 e. The molecular formula is C12H16OS. The Morgan fingerprint density at radius 1 is 1.07 bits per heavy atom. The van der Waals surface area contributed by atoms with Crippen LogP contribution in [0.1, 0.15) is 25.7 Å². The minimum Gasteiger partial charge on any atom is -0.508 e. The predicted octanol–water partition coefficient (Wildman–Crippen LogP) is 3.49. The fraction of sp³-hybridized carbons (Fsp3) is 0.500. The van der Waals surface area contributed by atoms with Gasteiger partial charge in [0.05, 0.1) is 0 Å². The van der Waals surface area contributed by atoms with Crippen molar-refractivity contribution in [1.82, 2.24) is 0 Å². The van der Waals surface area contributed by atoms with Crippen molar-refractivity contribution in [1.29, 1.82) is 0 Å². The quantitative estimate of drug-likeness (QED) is 0.625. The standard InChI is InChI=1S/C6H6OS.C6H10/c7-5-1-3-6(8)4-2-5;1-2-5-4-6(5)3-1/h1-4,7-8H;5-6H,1-4H2. The normalized spacial score (nSPS) is 27.5. The lowest BCUT2D eigenvalue weighted by Crippen LogP contribution is -1.64. The van der Waals surface area contributed by atoms with E-state index in [1.807, 2.05) is 0 Å². The maximum absolute atomic E-state index is 8.72. The van der Waals surface area contributed by atoms with Crippen molar-refractivity contribution in [3.05, 3.63) is 24.3 Å². The van der Waals surface area contributed by atoms with Gasteiger partial charge in [-0.1, -0.05) is 19.3 Å². The molecule has 0 spiro atoms. The number of hydrogen-bond donors (Lipinski definition) is 2. The maximum Gasteiger partial charge on any atom is 0.115 e. The molecule has 0 bridgehead atoms. The lowest BCUT2D eigenvalue weighted by molar-refractivity contribution is 0.475. The summed E-state index contributed by atoms with van der Waals surface area (Å²) in [4.78, 5) is 0.864. The molecule has 3 rings (SSSR count). The highest BCUT2D eigenvalue weighted by Crippen LogP contribution is 2.51. The Bertz CT molecular complexity index is 265. The first-order chi connectivity index (χ1) is 6.75. The number of fused-ring (bicyclic) bond motifs is 1. The van der Waals surface area contributed by atoms with Gasteiger partial charge in [-0.3, -0.25) is 0 Å². The van der Waals surface area contributed by atoms with E-state index in [-0.39, 0.29) is 5.75 Å². The SMILES string of the molecule is C1CC2CC2C1.Oc1ccc(S)cc1. The second-order valence-corrected chi connectivity index (χ2v) is 4.72. The molecule has 0 amide bonds. The molecule has 14 heavy (non-hydrogen) atoms. The predicted molar refractivity (Wildman–Crippen MR) is 60.8 cm³/mol. The molecule has 0 heterocycles. The summed E-state index contributed by atoms with van der Waals surface area (Å²) in [6.45, 7) is 0. The van der Waals surface area contributed by atoms with Gasteiger partial charge in [-0.05, 0) is 42.5 Å². The zero-order valence-corrected chi connectivity index (χ0v) is 9.08. The number of phenols is 1. The van der Waals surface area contributed by atoms with E-state index in [4.69, 9.17) is 5.11 Å². The van der Waals surface area contributed by atoms with Gasteiger partial charge in [0.1, 0.15) is 5.75 Å². The summed E-state index contributed by atoms with van der Waals surface area (Å²) in [5.74, 6) is 2.71. The number of thiol groups is 1. The van der Waals surface area contributed by atoms with Crippen LogP contribution in [0.4, 0.5) is 0 Å². The van der Waals surface area contributed by atoms with Gasteiger partial charge in [0.25, 0.3) is 0 Å². The molecule has 2 saturated carbocycles. The van der Waals surface area contributed by atoms with Crippen LogP contribution in [0.15, 0.2) is 29.2 Å². The van der Waals surface area contributed by atoms with Crippen molar-refractivity contribution in [3.63, 3.8) is 0 Å².